The van der Waals surface area contributed by atoms with Crippen LogP contribution in [0, 0.1) is 0 Å². The zero-order valence-corrected chi connectivity index (χ0v) is 7.78. The molecule has 0 saturated heterocycles. The highest BCUT2D eigenvalue weighted by molar-refractivity contribution is 7.59. The molecule has 1 aromatic rings. The van der Waals surface area contributed by atoms with Crippen LogP contribution in [0.15, 0.2) is 23.3 Å². The lowest BCUT2D eigenvalue weighted by Gasteiger charge is -1.95. The van der Waals surface area contributed by atoms with E-state index >= 15 is 0 Å². The number of hydrogen-bond donors (Lipinski definition) is 2. The summed E-state index contributed by atoms with van der Waals surface area (Å²) in [6.45, 7) is 3.51. The van der Waals surface area contributed by atoms with Crippen molar-refractivity contribution in [2.24, 2.45) is 0 Å². The Kier molecular flexibility index (Phi) is 3.03. The van der Waals surface area contributed by atoms with E-state index in [2.05, 4.69) is 11.6 Å². The fraction of sp³-hybridized carbons (Fsp3) is 0.286. The molecule has 1 heterocycles. The van der Waals surface area contributed by atoms with E-state index in [1.54, 1.807) is 6.08 Å². The first kappa shape index (κ1) is 10.2. The fourth-order valence-corrected chi connectivity index (χ4v) is 1.21. The van der Waals surface area contributed by atoms with Crippen LogP contribution in [0.1, 0.15) is 12.3 Å². The summed E-state index contributed by atoms with van der Waals surface area (Å²) in [6, 6.07) is 0. The van der Waals surface area contributed by atoms with E-state index in [1.165, 1.54) is 0 Å². The van der Waals surface area contributed by atoms with Crippen molar-refractivity contribution in [2.75, 3.05) is 0 Å². The van der Waals surface area contributed by atoms with E-state index < -0.39 is 7.60 Å². The van der Waals surface area contributed by atoms with Crippen LogP contribution in [0.3, 0.4) is 0 Å². The maximum atomic E-state index is 10.7. The van der Waals surface area contributed by atoms with Crippen LogP contribution in [-0.4, -0.2) is 14.8 Å². The Balaban J connectivity index is 2.75. The van der Waals surface area contributed by atoms with Crippen molar-refractivity contribution in [3.05, 3.63) is 24.7 Å². The van der Waals surface area contributed by atoms with Gasteiger partial charge in [0.2, 0.25) is 5.50 Å². The Morgan fingerprint density at radius 1 is 1.69 bits per heavy atom. The second-order valence-electron chi connectivity index (χ2n) is 2.46. The highest BCUT2D eigenvalue weighted by atomic mass is 31.2. The predicted molar refractivity (Wildman–Crippen MR) is 46.7 cm³/mol. The molecule has 1 aromatic heterocycles. The summed E-state index contributed by atoms with van der Waals surface area (Å²) >= 11 is 0. The Bertz CT molecular complexity index is 340. The zero-order chi connectivity index (χ0) is 9.90. The molecule has 0 radical (unpaired) electrons. The Labute approximate surface area is 75.3 Å². The van der Waals surface area contributed by atoms with Crippen molar-refractivity contribution in [2.45, 2.75) is 12.8 Å². The van der Waals surface area contributed by atoms with Crippen LogP contribution in [0.25, 0.3) is 0 Å². The maximum Gasteiger partial charge on any atom is 0.392 e. The SMILES string of the molecule is C=CCCc1ncc(P(=O)(O)O)o1. The second-order valence-corrected chi connectivity index (χ2v) is 3.99. The summed E-state index contributed by atoms with van der Waals surface area (Å²) < 4.78 is 15.5. The molecule has 0 saturated carbocycles. The van der Waals surface area contributed by atoms with E-state index in [9.17, 15) is 4.57 Å². The van der Waals surface area contributed by atoms with Gasteiger partial charge in [-0.3, -0.25) is 4.57 Å². The van der Waals surface area contributed by atoms with E-state index in [1.807, 2.05) is 0 Å². The van der Waals surface area contributed by atoms with Crippen molar-refractivity contribution in [3.63, 3.8) is 0 Å². The lowest BCUT2D eigenvalue weighted by atomic mass is 10.3. The highest BCUT2D eigenvalue weighted by Gasteiger charge is 2.22. The maximum absolute atomic E-state index is 10.7. The third-order valence-corrected chi connectivity index (χ3v) is 2.17. The van der Waals surface area contributed by atoms with Crippen LogP contribution < -0.4 is 5.50 Å². The van der Waals surface area contributed by atoms with E-state index in [0.29, 0.717) is 18.7 Å². The molecule has 6 heteroatoms. The molecule has 72 valence electrons. The molecule has 13 heavy (non-hydrogen) atoms. The van der Waals surface area contributed by atoms with Gasteiger partial charge in [0.05, 0.1) is 6.20 Å². The summed E-state index contributed by atoms with van der Waals surface area (Å²) in [4.78, 5) is 21.1. The Morgan fingerprint density at radius 2 is 2.38 bits per heavy atom. The van der Waals surface area contributed by atoms with Gasteiger partial charge in [0.1, 0.15) is 0 Å². The van der Waals surface area contributed by atoms with Crippen molar-refractivity contribution in [1.29, 1.82) is 0 Å². The van der Waals surface area contributed by atoms with E-state index in [-0.39, 0.29) is 5.50 Å². The molecular weight excluding hydrogens is 193 g/mol. The number of nitrogens with zero attached hydrogens (tertiary/aromatic N) is 1. The van der Waals surface area contributed by atoms with Gasteiger partial charge in [-0.1, -0.05) is 6.08 Å². The summed E-state index contributed by atoms with van der Waals surface area (Å²) in [5.74, 6) is 0.318. The molecule has 0 atom stereocenters. The number of aryl methyl sites for hydroxylation is 1. The number of aromatic nitrogens is 1. The van der Waals surface area contributed by atoms with Gasteiger partial charge in [0.25, 0.3) is 0 Å². The van der Waals surface area contributed by atoms with Crippen LogP contribution in [0.4, 0.5) is 0 Å². The third-order valence-electron chi connectivity index (χ3n) is 1.39. The topological polar surface area (TPSA) is 83.6 Å². The molecule has 0 fully saturated rings. The molecule has 0 bridgehead atoms. The lowest BCUT2D eigenvalue weighted by molar-refractivity contribution is 0.373. The number of oxazole rings is 1. The number of allylic oxidation sites excluding steroid dienone is 1. The molecule has 0 aromatic carbocycles. The average molecular weight is 203 g/mol. The summed E-state index contributed by atoms with van der Waals surface area (Å²) in [5.41, 5.74) is -0.383. The first-order valence-electron chi connectivity index (χ1n) is 3.65. The minimum atomic E-state index is -4.28. The molecule has 0 aliphatic rings. The standard InChI is InChI=1S/C7H10NO4P/c1-2-3-4-6-8-5-7(12-6)13(9,10)11/h2,5H,1,3-4H2,(H2,9,10,11). The molecule has 5 nitrogen and oxygen atoms in total. The van der Waals surface area contributed by atoms with Crippen LogP contribution in [0.2, 0.25) is 0 Å². The quantitative estimate of drug-likeness (QED) is 0.552. The van der Waals surface area contributed by atoms with Gasteiger partial charge in [-0.15, -0.1) is 6.58 Å². The minimum absolute atomic E-state index is 0.318. The predicted octanol–water partition coefficient (Wildman–Crippen LogP) is 0.596. The molecule has 1 rings (SSSR count). The Hall–Kier alpha value is -0.900. The van der Waals surface area contributed by atoms with Gasteiger partial charge in [-0.25, -0.2) is 4.98 Å². The molecular formula is C7H10NO4P. The summed E-state index contributed by atoms with van der Waals surface area (Å²) in [5, 5.41) is 0. The number of hydrogen-bond acceptors (Lipinski definition) is 3. The molecule has 0 spiro atoms. The van der Waals surface area contributed by atoms with Gasteiger partial charge in [0.15, 0.2) is 5.89 Å². The molecule has 0 amide bonds. The van der Waals surface area contributed by atoms with Crippen molar-refractivity contribution >= 4 is 13.1 Å². The molecule has 0 unspecified atom stereocenters. The number of rotatable bonds is 4. The minimum Gasteiger partial charge on any atom is -0.433 e. The van der Waals surface area contributed by atoms with Crippen molar-refractivity contribution in [3.8, 4) is 0 Å². The van der Waals surface area contributed by atoms with Crippen LogP contribution >= 0.6 is 7.60 Å². The van der Waals surface area contributed by atoms with Crippen LogP contribution in [-0.2, 0) is 11.0 Å². The Morgan fingerprint density at radius 3 is 2.85 bits per heavy atom. The monoisotopic (exact) mass is 203 g/mol. The van der Waals surface area contributed by atoms with Gasteiger partial charge < -0.3 is 14.2 Å². The zero-order valence-electron chi connectivity index (χ0n) is 6.88. The smallest absolute Gasteiger partial charge is 0.392 e. The van der Waals surface area contributed by atoms with E-state index in [0.717, 1.165) is 6.20 Å². The van der Waals surface area contributed by atoms with Gasteiger partial charge in [-0.2, -0.15) is 0 Å². The fourth-order valence-electron chi connectivity index (χ4n) is 0.776. The highest BCUT2D eigenvalue weighted by Crippen LogP contribution is 2.33. The normalized spacial score (nSPS) is 11.5. The lowest BCUT2D eigenvalue weighted by Crippen LogP contribution is -1.98. The van der Waals surface area contributed by atoms with E-state index in [4.69, 9.17) is 14.2 Å². The average Bonchev–Trinajstić information content (AvgIpc) is 2.47. The van der Waals surface area contributed by atoms with Gasteiger partial charge in [-0.05, 0) is 6.42 Å². The molecule has 0 aliphatic heterocycles. The third kappa shape index (κ3) is 2.81. The van der Waals surface area contributed by atoms with Crippen molar-refractivity contribution in [1.82, 2.24) is 4.98 Å². The van der Waals surface area contributed by atoms with Crippen molar-refractivity contribution < 1.29 is 18.8 Å². The largest absolute Gasteiger partial charge is 0.433 e. The van der Waals surface area contributed by atoms with Crippen LogP contribution in [0.5, 0.6) is 0 Å². The summed E-state index contributed by atoms with van der Waals surface area (Å²) in [6.07, 6.45) is 3.91. The molecule has 0 aliphatic carbocycles. The first-order valence-corrected chi connectivity index (χ1v) is 5.27. The van der Waals surface area contributed by atoms with Gasteiger partial charge in [0, 0.05) is 6.42 Å². The molecule has 2 N–H and O–H groups in total. The first-order chi connectivity index (χ1) is 6.04. The summed E-state index contributed by atoms with van der Waals surface area (Å²) in [7, 11) is -4.28. The second kappa shape index (κ2) is 3.87. The van der Waals surface area contributed by atoms with Gasteiger partial charge >= 0.3 is 7.60 Å².